The van der Waals surface area contributed by atoms with Gasteiger partial charge in [-0.15, -0.1) is 0 Å². The molecule has 0 fully saturated rings. The van der Waals surface area contributed by atoms with Crippen molar-refractivity contribution in [1.82, 2.24) is 0 Å². The molecule has 0 aromatic heterocycles. The zero-order valence-corrected chi connectivity index (χ0v) is 12.5. The molecular weight excluding hydrogens is 296 g/mol. The predicted molar refractivity (Wildman–Crippen MR) is 76.8 cm³/mol. The standard InChI is InChI=1S/C13H19BrN2O2/c1-13(2,15)7-6-12(17)16-9-4-5-11(18-3)10(14)8-9/h4-5,8H,6-7,15H2,1-3H3,(H,16,17). The molecule has 0 aliphatic heterocycles. The van der Waals surface area contributed by atoms with E-state index in [4.69, 9.17) is 10.5 Å². The highest BCUT2D eigenvalue weighted by Crippen LogP contribution is 2.27. The topological polar surface area (TPSA) is 64.3 Å². The van der Waals surface area contributed by atoms with E-state index in [2.05, 4.69) is 21.2 Å². The zero-order chi connectivity index (χ0) is 13.8. The van der Waals surface area contributed by atoms with Crippen LogP contribution in [0.25, 0.3) is 0 Å². The third-order valence-corrected chi connectivity index (χ3v) is 3.05. The van der Waals surface area contributed by atoms with Crippen LogP contribution in [0.3, 0.4) is 0 Å². The zero-order valence-electron chi connectivity index (χ0n) is 10.9. The number of benzene rings is 1. The first-order valence-electron chi connectivity index (χ1n) is 5.74. The van der Waals surface area contributed by atoms with Gasteiger partial charge in [0.1, 0.15) is 5.75 Å². The number of nitrogens with two attached hydrogens (primary N) is 1. The molecule has 18 heavy (non-hydrogen) atoms. The van der Waals surface area contributed by atoms with Crippen molar-refractivity contribution in [3.8, 4) is 5.75 Å². The van der Waals surface area contributed by atoms with Gasteiger partial charge < -0.3 is 15.8 Å². The number of rotatable bonds is 5. The second-order valence-corrected chi connectivity index (χ2v) is 5.74. The van der Waals surface area contributed by atoms with Gasteiger partial charge in [-0.1, -0.05) is 0 Å². The second kappa shape index (κ2) is 6.20. The van der Waals surface area contributed by atoms with Crippen LogP contribution in [0.4, 0.5) is 5.69 Å². The summed E-state index contributed by atoms with van der Waals surface area (Å²) in [5.41, 5.74) is 6.25. The van der Waals surface area contributed by atoms with Gasteiger partial charge in [-0.25, -0.2) is 0 Å². The predicted octanol–water partition coefficient (Wildman–Crippen LogP) is 2.91. The summed E-state index contributed by atoms with van der Waals surface area (Å²) in [5.74, 6) is 0.696. The first-order valence-corrected chi connectivity index (χ1v) is 6.53. The number of ether oxygens (including phenoxy) is 1. The summed E-state index contributed by atoms with van der Waals surface area (Å²) >= 11 is 3.37. The lowest BCUT2D eigenvalue weighted by molar-refractivity contribution is -0.116. The molecule has 100 valence electrons. The summed E-state index contributed by atoms with van der Waals surface area (Å²) in [7, 11) is 1.60. The Balaban J connectivity index is 2.57. The lowest BCUT2D eigenvalue weighted by atomic mass is 10.00. The molecule has 1 aromatic carbocycles. The molecule has 0 heterocycles. The van der Waals surface area contributed by atoms with Crippen molar-refractivity contribution in [1.29, 1.82) is 0 Å². The maximum atomic E-state index is 11.7. The maximum Gasteiger partial charge on any atom is 0.224 e. The highest BCUT2D eigenvalue weighted by molar-refractivity contribution is 9.10. The van der Waals surface area contributed by atoms with E-state index in [-0.39, 0.29) is 11.4 Å². The molecule has 3 N–H and O–H groups in total. The van der Waals surface area contributed by atoms with Crippen molar-refractivity contribution in [3.05, 3.63) is 22.7 Å². The molecule has 0 unspecified atom stereocenters. The third kappa shape index (κ3) is 5.06. The van der Waals surface area contributed by atoms with Crippen LogP contribution in [0.5, 0.6) is 5.75 Å². The minimum absolute atomic E-state index is 0.0365. The van der Waals surface area contributed by atoms with Gasteiger partial charge in [0, 0.05) is 17.6 Å². The monoisotopic (exact) mass is 314 g/mol. The summed E-state index contributed by atoms with van der Waals surface area (Å²) in [4.78, 5) is 11.7. The normalized spacial score (nSPS) is 11.2. The average molecular weight is 315 g/mol. The van der Waals surface area contributed by atoms with Gasteiger partial charge in [0.25, 0.3) is 0 Å². The van der Waals surface area contributed by atoms with Crippen LogP contribution in [0.2, 0.25) is 0 Å². The third-order valence-electron chi connectivity index (χ3n) is 2.43. The van der Waals surface area contributed by atoms with Crippen LogP contribution in [0.1, 0.15) is 26.7 Å². The van der Waals surface area contributed by atoms with Crippen molar-refractivity contribution in [2.75, 3.05) is 12.4 Å². The summed E-state index contributed by atoms with van der Waals surface area (Å²) in [6, 6.07) is 5.41. The minimum atomic E-state index is -0.322. The molecule has 0 saturated carbocycles. The summed E-state index contributed by atoms with van der Waals surface area (Å²) in [5, 5.41) is 2.83. The first-order chi connectivity index (χ1) is 8.31. The van der Waals surface area contributed by atoms with Gasteiger partial charge in [0.2, 0.25) is 5.91 Å². The Hall–Kier alpha value is -1.07. The number of carbonyl (C=O) groups excluding carboxylic acids is 1. The van der Waals surface area contributed by atoms with Crippen LogP contribution in [-0.4, -0.2) is 18.6 Å². The van der Waals surface area contributed by atoms with Crippen molar-refractivity contribution in [2.45, 2.75) is 32.2 Å². The Labute approximate surface area is 116 Å². The van der Waals surface area contributed by atoms with Gasteiger partial charge in [-0.3, -0.25) is 4.79 Å². The van der Waals surface area contributed by atoms with E-state index in [1.54, 1.807) is 19.2 Å². The van der Waals surface area contributed by atoms with E-state index in [1.807, 2.05) is 19.9 Å². The van der Waals surface area contributed by atoms with Gasteiger partial charge >= 0.3 is 0 Å². The Morgan fingerprint density at radius 1 is 1.50 bits per heavy atom. The van der Waals surface area contributed by atoms with Crippen LogP contribution in [0, 0.1) is 0 Å². The quantitative estimate of drug-likeness (QED) is 0.878. The summed E-state index contributed by atoms with van der Waals surface area (Å²) < 4.78 is 5.93. The molecule has 0 radical (unpaired) electrons. The number of nitrogens with one attached hydrogen (secondary N) is 1. The summed E-state index contributed by atoms with van der Waals surface area (Å²) in [6.07, 6.45) is 1.06. The summed E-state index contributed by atoms with van der Waals surface area (Å²) in [6.45, 7) is 3.81. The van der Waals surface area contributed by atoms with Crippen molar-refractivity contribution < 1.29 is 9.53 Å². The molecule has 0 saturated heterocycles. The van der Waals surface area contributed by atoms with Crippen LogP contribution < -0.4 is 15.8 Å². The number of amides is 1. The molecule has 0 atom stereocenters. The van der Waals surface area contributed by atoms with Crippen molar-refractivity contribution >= 4 is 27.5 Å². The fraction of sp³-hybridized carbons (Fsp3) is 0.462. The Kier molecular flexibility index (Phi) is 5.16. The van der Waals surface area contributed by atoms with Crippen molar-refractivity contribution in [3.63, 3.8) is 0 Å². The molecule has 0 bridgehead atoms. The SMILES string of the molecule is COc1ccc(NC(=O)CCC(C)(C)N)cc1Br. The molecule has 5 heteroatoms. The number of halogens is 1. The molecule has 0 spiro atoms. The van der Waals surface area contributed by atoms with E-state index in [0.717, 1.165) is 15.9 Å². The smallest absolute Gasteiger partial charge is 0.224 e. The fourth-order valence-electron chi connectivity index (χ4n) is 1.40. The van der Waals surface area contributed by atoms with Gasteiger partial charge in [-0.05, 0) is 54.4 Å². The lowest BCUT2D eigenvalue weighted by Gasteiger charge is -2.17. The van der Waals surface area contributed by atoms with E-state index < -0.39 is 0 Å². The van der Waals surface area contributed by atoms with E-state index in [0.29, 0.717) is 12.8 Å². The molecule has 0 aliphatic rings. The Morgan fingerprint density at radius 3 is 2.67 bits per heavy atom. The van der Waals surface area contributed by atoms with Crippen LogP contribution >= 0.6 is 15.9 Å². The highest BCUT2D eigenvalue weighted by atomic mass is 79.9. The van der Waals surface area contributed by atoms with E-state index in [1.165, 1.54) is 0 Å². The van der Waals surface area contributed by atoms with Crippen LogP contribution in [-0.2, 0) is 4.79 Å². The number of anilines is 1. The van der Waals surface area contributed by atoms with E-state index >= 15 is 0 Å². The second-order valence-electron chi connectivity index (χ2n) is 4.89. The number of methoxy groups -OCH3 is 1. The Morgan fingerprint density at radius 2 is 2.17 bits per heavy atom. The minimum Gasteiger partial charge on any atom is -0.496 e. The van der Waals surface area contributed by atoms with Gasteiger partial charge in [-0.2, -0.15) is 0 Å². The molecule has 1 rings (SSSR count). The highest BCUT2D eigenvalue weighted by Gasteiger charge is 2.13. The number of hydrogen-bond donors (Lipinski definition) is 2. The number of carbonyl (C=O) groups is 1. The van der Waals surface area contributed by atoms with Crippen molar-refractivity contribution in [2.24, 2.45) is 5.73 Å². The molecular formula is C13H19BrN2O2. The van der Waals surface area contributed by atoms with Gasteiger partial charge in [0.15, 0.2) is 0 Å². The van der Waals surface area contributed by atoms with Crippen LogP contribution in [0.15, 0.2) is 22.7 Å². The molecule has 0 aliphatic carbocycles. The average Bonchev–Trinajstić information content (AvgIpc) is 2.26. The largest absolute Gasteiger partial charge is 0.496 e. The number of hydrogen-bond acceptors (Lipinski definition) is 3. The molecule has 1 amide bonds. The molecule has 1 aromatic rings. The van der Waals surface area contributed by atoms with Gasteiger partial charge in [0.05, 0.1) is 11.6 Å². The Bertz CT molecular complexity index is 427. The van der Waals surface area contributed by atoms with E-state index in [9.17, 15) is 4.79 Å². The molecule has 4 nitrogen and oxygen atoms in total. The first kappa shape index (κ1) is 15.0. The fourth-order valence-corrected chi connectivity index (χ4v) is 1.94. The lowest BCUT2D eigenvalue weighted by Crippen LogP contribution is -2.33. The maximum absolute atomic E-state index is 11.7.